The summed E-state index contributed by atoms with van der Waals surface area (Å²) in [5, 5.41) is 0. The van der Waals surface area contributed by atoms with Gasteiger partial charge in [-0.2, -0.15) is 0 Å². The lowest BCUT2D eigenvalue weighted by molar-refractivity contribution is -0.373. The Kier molecular flexibility index (Phi) is 11.3. The lowest BCUT2D eigenvalue weighted by Gasteiger charge is -2.42. The van der Waals surface area contributed by atoms with Crippen LogP contribution < -0.4 is 0 Å². The molecule has 2 spiro atoms. The summed E-state index contributed by atoms with van der Waals surface area (Å²) in [6.45, 7) is 2.88. The fourth-order valence-electron chi connectivity index (χ4n) is 8.44. The Labute approximate surface area is 273 Å². The molecule has 10 nitrogen and oxygen atoms in total. The van der Waals surface area contributed by atoms with Crippen molar-refractivity contribution in [3.63, 3.8) is 0 Å². The second-order valence-corrected chi connectivity index (χ2v) is 14.0. The molecule has 6 saturated heterocycles. The highest BCUT2D eigenvalue weighted by molar-refractivity contribution is 5.13. The van der Waals surface area contributed by atoms with E-state index in [1.807, 2.05) is 18.2 Å². The predicted octanol–water partition coefficient (Wildman–Crippen LogP) is 5.78. The van der Waals surface area contributed by atoms with Gasteiger partial charge in [0.2, 0.25) is 0 Å². The number of unbranched alkanes of at least 4 members (excludes halogenated alkanes) is 1. The van der Waals surface area contributed by atoms with Crippen LogP contribution in [0.15, 0.2) is 30.3 Å². The second kappa shape index (κ2) is 15.6. The molecule has 1 aromatic rings. The highest BCUT2D eigenvalue weighted by Crippen LogP contribution is 2.46. The van der Waals surface area contributed by atoms with Gasteiger partial charge in [0.1, 0.15) is 6.79 Å². The van der Waals surface area contributed by atoms with Crippen molar-refractivity contribution >= 4 is 0 Å². The topological polar surface area (TPSA) is 92.3 Å². The van der Waals surface area contributed by atoms with Crippen LogP contribution in [-0.4, -0.2) is 94.3 Å². The van der Waals surface area contributed by atoms with Gasteiger partial charge in [0, 0.05) is 39.4 Å². The average Bonchev–Trinajstić information content (AvgIpc) is 3.90. The van der Waals surface area contributed by atoms with E-state index in [0.29, 0.717) is 19.8 Å². The standard InChI is InChI=1S/C36H54O10/c1-37-25-39-28-22-27(10-5-6-19-38-24-26-8-3-2-4-9-26)44-35(23-28)18-16-34(45-35)32-15-13-30(43-32)29-12-14-31(42-29)33-11-7-17-36(46-33)40-20-21-41-36/h2-4,8-9,27-34H,5-7,10-25H2,1H3/t27-,28-,29+,30-,31+,32+,33-,34-,35?/m0/s1. The van der Waals surface area contributed by atoms with Crippen LogP contribution in [0.3, 0.4) is 0 Å². The van der Waals surface area contributed by atoms with Crippen molar-refractivity contribution in [1.82, 2.24) is 0 Å². The molecular weight excluding hydrogens is 592 g/mol. The molecule has 6 heterocycles. The molecular formula is C36H54O10. The van der Waals surface area contributed by atoms with Crippen molar-refractivity contribution in [3.05, 3.63) is 35.9 Å². The molecule has 9 atom stereocenters. The summed E-state index contributed by atoms with van der Waals surface area (Å²) in [4.78, 5) is 0. The summed E-state index contributed by atoms with van der Waals surface area (Å²) < 4.78 is 62.1. The quantitative estimate of drug-likeness (QED) is 0.194. The van der Waals surface area contributed by atoms with Gasteiger partial charge in [-0.05, 0) is 69.8 Å². The molecule has 0 N–H and O–H groups in total. The van der Waals surface area contributed by atoms with Crippen LogP contribution in [0.25, 0.3) is 0 Å². The van der Waals surface area contributed by atoms with E-state index in [-0.39, 0.29) is 55.6 Å². The minimum Gasteiger partial charge on any atom is -0.377 e. The Morgan fingerprint density at radius 2 is 1.48 bits per heavy atom. The fraction of sp³-hybridized carbons (Fsp3) is 0.833. The summed E-state index contributed by atoms with van der Waals surface area (Å²) in [6, 6.07) is 10.3. The van der Waals surface area contributed by atoms with Crippen LogP contribution in [0.1, 0.15) is 95.5 Å². The maximum Gasteiger partial charge on any atom is 0.283 e. The van der Waals surface area contributed by atoms with Crippen LogP contribution in [0.5, 0.6) is 0 Å². The molecule has 1 unspecified atom stereocenters. The van der Waals surface area contributed by atoms with E-state index < -0.39 is 11.8 Å². The zero-order valence-corrected chi connectivity index (χ0v) is 27.5. The van der Waals surface area contributed by atoms with E-state index in [0.717, 1.165) is 96.5 Å². The van der Waals surface area contributed by atoms with Crippen LogP contribution in [0.2, 0.25) is 0 Å². The number of benzene rings is 1. The Hall–Kier alpha value is -1.18. The molecule has 6 aliphatic rings. The second-order valence-electron chi connectivity index (χ2n) is 14.0. The van der Waals surface area contributed by atoms with E-state index in [4.69, 9.17) is 47.4 Å². The number of methoxy groups -OCH3 is 1. The third kappa shape index (κ3) is 8.16. The van der Waals surface area contributed by atoms with E-state index in [2.05, 4.69) is 12.1 Å². The van der Waals surface area contributed by atoms with Crippen LogP contribution in [0.4, 0.5) is 0 Å². The maximum atomic E-state index is 6.81. The Balaban J connectivity index is 0.867. The van der Waals surface area contributed by atoms with Crippen molar-refractivity contribution < 1.29 is 47.4 Å². The number of rotatable bonds is 13. The molecule has 0 amide bonds. The molecule has 6 aliphatic heterocycles. The number of hydrogen-bond acceptors (Lipinski definition) is 10. The highest BCUT2D eigenvalue weighted by Gasteiger charge is 2.52. The first-order valence-corrected chi connectivity index (χ1v) is 18.0. The molecule has 0 bridgehead atoms. The first-order chi connectivity index (χ1) is 22.6. The van der Waals surface area contributed by atoms with Gasteiger partial charge < -0.3 is 47.4 Å². The molecule has 1 aromatic carbocycles. The lowest BCUT2D eigenvalue weighted by atomic mass is 9.93. The zero-order valence-electron chi connectivity index (χ0n) is 27.5. The van der Waals surface area contributed by atoms with Crippen LogP contribution in [-0.2, 0) is 54.0 Å². The zero-order chi connectivity index (χ0) is 31.2. The Morgan fingerprint density at radius 1 is 0.761 bits per heavy atom. The molecule has 6 fully saturated rings. The minimum absolute atomic E-state index is 0.0126. The fourth-order valence-corrected chi connectivity index (χ4v) is 8.44. The molecule has 10 heteroatoms. The summed E-state index contributed by atoms with van der Waals surface area (Å²) in [7, 11) is 1.67. The number of hydrogen-bond donors (Lipinski definition) is 0. The molecule has 0 aromatic heterocycles. The molecule has 0 aliphatic carbocycles. The monoisotopic (exact) mass is 646 g/mol. The summed E-state index contributed by atoms with van der Waals surface area (Å²) in [6.07, 6.45) is 13.6. The van der Waals surface area contributed by atoms with Gasteiger partial charge in [-0.1, -0.05) is 30.3 Å². The SMILES string of the molecule is COCO[C@H]1C[C@H](CCCCOCc2ccccc2)OC2(CC[C@@H]([C@H]3CC[C@@H]([C@H]4CC[C@H]([C@@H]5CCCC6(OCCO6)O5)O4)O3)O2)C1. The highest BCUT2D eigenvalue weighted by atomic mass is 16.9. The summed E-state index contributed by atoms with van der Waals surface area (Å²) in [5.41, 5.74) is 1.21. The molecule has 0 radical (unpaired) electrons. The van der Waals surface area contributed by atoms with Gasteiger partial charge in [-0.25, -0.2) is 0 Å². The summed E-state index contributed by atoms with van der Waals surface area (Å²) >= 11 is 0. The minimum atomic E-state index is -0.847. The Bertz CT molecular complexity index is 1070. The van der Waals surface area contributed by atoms with E-state index in [1.54, 1.807) is 7.11 Å². The Morgan fingerprint density at radius 3 is 2.22 bits per heavy atom. The smallest absolute Gasteiger partial charge is 0.283 e. The largest absolute Gasteiger partial charge is 0.377 e. The predicted molar refractivity (Wildman–Crippen MR) is 167 cm³/mol. The van der Waals surface area contributed by atoms with Gasteiger partial charge >= 0.3 is 0 Å². The molecule has 0 saturated carbocycles. The first kappa shape index (κ1) is 33.3. The van der Waals surface area contributed by atoms with Gasteiger partial charge in [0.15, 0.2) is 5.79 Å². The third-order valence-corrected chi connectivity index (χ3v) is 10.7. The van der Waals surface area contributed by atoms with Crippen LogP contribution in [0, 0.1) is 0 Å². The molecule has 258 valence electrons. The summed E-state index contributed by atoms with van der Waals surface area (Å²) in [5.74, 6) is -1.47. The van der Waals surface area contributed by atoms with Crippen molar-refractivity contribution in [2.45, 2.75) is 157 Å². The third-order valence-electron chi connectivity index (χ3n) is 10.7. The van der Waals surface area contributed by atoms with Gasteiger partial charge in [0.25, 0.3) is 5.97 Å². The number of ether oxygens (including phenoxy) is 10. The van der Waals surface area contributed by atoms with E-state index >= 15 is 0 Å². The van der Waals surface area contributed by atoms with Gasteiger partial charge in [-0.3, -0.25) is 0 Å². The van der Waals surface area contributed by atoms with Gasteiger partial charge in [-0.15, -0.1) is 0 Å². The van der Waals surface area contributed by atoms with Crippen molar-refractivity contribution in [2.75, 3.05) is 33.7 Å². The van der Waals surface area contributed by atoms with E-state index in [1.165, 1.54) is 5.56 Å². The van der Waals surface area contributed by atoms with Crippen molar-refractivity contribution in [2.24, 2.45) is 0 Å². The van der Waals surface area contributed by atoms with Gasteiger partial charge in [0.05, 0.1) is 68.7 Å². The van der Waals surface area contributed by atoms with E-state index in [9.17, 15) is 0 Å². The maximum absolute atomic E-state index is 6.81. The van der Waals surface area contributed by atoms with Crippen molar-refractivity contribution in [1.29, 1.82) is 0 Å². The molecule has 7 rings (SSSR count). The normalized spacial score (nSPS) is 39.2. The molecule has 46 heavy (non-hydrogen) atoms. The van der Waals surface area contributed by atoms with Crippen molar-refractivity contribution in [3.8, 4) is 0 Å². The first-order valence-electron chi connectivity index (χ1n) is 18.0. The lowest BCUT2D eigenvalue weighted by Crippen LogP contribution is -2.48. The van der Waals surface area contributed by atoms with Crippen LogP contribution >= 0.6 is 0 Å². The average molecular weight is 647 g/mol.